The van der Waals surface area contributed by atoms with Crippen LogP contribution in [0, 0.1) is 0 Å². The Labute approximate surface area is 310 Å². The van der Waals surface area contributed by atoms with Crippen molar-refractivity contribution in [3.63, 3.8) is 0 Å². The maximum atomic E-state index is 5.49. The normalized spacial score (nSPS) is 11.8. The van der Waals surface area contributed by atoms with Gasteiger partial charge in [0.05, 0.1) is 0 Å². The molecule has 1 aliphatic rings. The van der Waals surface area contributed by atoms with Crippen molar-refractivity contribution in [1.29, 1.82) is 0 Å². The molecule has 0 amide bonds. The highest BCUT2D eigenvalue weighted by Gasteiger charge is 2.30. The first-order valence-electron chi connectivity index (χ1n) is 17.9. The molecule has 0 unspecified atom stereocenters. The molecule has 0 aliphatic heterocycles. The van der Waals surface area contributed by atoms with Crippen LogP contribution < -0.4 is 0 Å². The van der Waals surface area contributed by atoms with Crippen molar-refractivity contribution in [3.05, 3.63) is 176 Å². The van der Waals surface area contributed by atoms with E-state index in [4.69, 9.17) is 15.0 Å². The molecule has 0 N–H and O–H groups in total. The third-order valence-corrected chi connectivity index (χ3v) is 11.5. The van der Waals surface area contributed by atoms with Gasteiger partial charge in [0.2, 0.25) is 0 Å². The molecule has 2 aromatic heterocycles. The van der Waals surface area contributed by atoms with Crippen molar-refractivity contribution in [2.45, 2.75) is 0 Å². The molecule has 0 fully saturated rings. The van der Waals surface area contributed by atoms with Gasteiger partial charge in [-0.1, -0.05) is 146 Å². The van der Waals surface area contributed by atoms with Gasteiger partial charge < -0.3 is 0 Å². The third kappa shape index (κ3) is 4.84. The zero-order chi connectivity index (χ0) is 34.9. The number of fused-ring (bicyclic) bond motifs is 6. The fourth-order valence-corrected chi connectivity index (χ4v) is 9.22. The van der Waals surface area contributed by atoms with Crippen LogP contribution in [0.1, 0.15) is 0 Å². The maximum Gasteiger partial charge on any atom is 0.165 e. The predicted molar refractivity (Wildman–Crippen MR) is 222 cm³/mol. The third-order valence-electron chi connectivity index (χ3n) is 10.4. The molecular formula is C49H29N3S. The Hall–Kier alpha value is -6.75. The fourth-order valence-electron chi connectivity index (χ4n) is 8.06. The van der Waals surface area contributed by atoms with Crippen molar-refractivity contribution in [2.75, 3.05) is 0 Å². The summed E-state index contributed by atoms with van der Waals surface area (Å²) in [5, 5.41) is 4.93. The summed E-state index contributed by atoms with van der Waals surface area (Å²) in [4.78, 5) is 16.1. The summed E-state index contributed by atoms with van der Waals surface area (Å²) in [6, 6.07) is 62.5. The molecule has 11 rings (SSSR count). The molecule has 10 aromatic rings. The molecule has 1 aliphatic carbocycles. The molecule has 53 heavy (non-hydrogen) atoms. The zero-order valence-corrected chi connectivity index (χ0v) is 29.3. The molecule has 2 heterocycles. The average Bonchev–Trinajstić information content (AvgIpc) is 3.77. The second kappa shape index (κ2) is 11.9. The van der Waals surface area contributed by atoms with Gasteiger partial charge in [0, 0.05) is 42.4 Å². The molecule has 0 saturated heterocycles. The Kier molecular flexibility index (Phi) is 6.73. The summed E-state index contributed by atoms with van der Waals surface area (Å²) >= 11 is 1.83. The Morgan fingerprint density at radius 1 is 0.321 bits per heavy atom. The van der Waals surface area contributed by atoms with E-state index in [1.165, 1.54) is 53.2 Å². The van der Waals surface area contributed by atoms with Crippen LogP contribution >= 0.6 is 11.3 Å². The standard InChI is InChI=1S/C49H29N3S/c1-4-14-30(15-5-1)34-26-35(31-16-6-2-7-17-31)28-36(27-34)48-50-47(33-18-8-3-9-19-33)51-49(52-48)46-44-39-24-13-21-32-20-12-23-37(43(32)39)40(44)29-42-45(46)38-22-10-11-25-41(38)53-42/h1-29H. The number of nitrogens with zero attached hydrogens (tertiary/aromatic N) is 3. The monoisotopic (exact) mass is 691 g/mol. The highest BCUT2D eigenvalue weighted by Crippen LogP contribution is 2.55. The number of hydrogen-bond donors (Lipinski definition) is 0. The molecule has 4 heteroatoms. The smallest absolute Gasteiger partial charge is 0.165 e. The SMILES string of the molecule is c1ccc(-c2cc(-c3ccccc3)cc(-c3nc(-c4ccccc4)nc(-c4c5c(cc6sc7ccccc7c46)-c4cccc6cccc-5c46)n3)c2)cc1. The van der Waals surface area contributed by atoms with E-state index in [-0.39, 0.29) is 0 Å². The van der Waals surface area contributed by atoms with Crippen molar-refractivity contribution in [1.82, 2.24) is 15.0 Å². The van der Waals surface area contributed by atoms with Crippen LogP contribution in [-0.2, 0) is 0 Å². The fraction of sp³-hybridized carbons (Fsp3) is 0. The lowest BCUT2D eigenvalue weighted by molar-refractivity contribution is 1.08. The van der Waals surface area contributed by atoms with Gasteiger partial charge in [0.1, 0.15) is 0 Å². The molecule has 0 bridgehead atoms. The van der Waals surface area contributed by atoms with E-state index in [2.05, 4.69) is 158 Å². The highest BCUT2D eigenvalue weighted by atomic mass is 32.1. The summed E-state index contributed by atoms with van der Waals surface area (Å²) in [6.45, 7) is 0. The number of benzene rings is 8. The molecule has 0 saturated carbocycles. The number of thiophene rings is 1. The molecule has 8 aromatic carbocycles. The Balaban J connectivity index is 1.25. The topological polar surface area (TPSA) is 38.7 Å². The Bertz CT molecular complexity index is 2980. The van der Waals surface area contributed by atoms with Gasteiger partial charge in [-0.15, -0.1) is 11.3 Å². The summed E-state index contributed by atoms with van der Waals surface area (Å²) in [6.07, 6.45) is 0. The largest absolute Gasteiger partial charge is 0.208 e. The highest BCUT2D eigenvalue weighted by molar-refractivity contribution is 7.26. The molecule has 0 spiro atoms. The van der Waals surface area contributed by atoms with E-state index >= 15 is 0 Å². The molecule has 0 radical (unpaired) electrons. The van der Waals surface area contributed by atoms with Crippen molar-refractivity contribution < 1.29 is 0 Å². The minimum atomic E-state index is 0.642. The molecular weight excluding hydrogens is 663 g/mol. The van der Waals surface area contributed by atoms with Crippen molar-refractivity contribution in [3.8, 4) is 78.7 Å². The van der Waals surface area contributed by atoms with Crippen molar-refractivity contribution >= 4 is 42.3 Å². The minimum absolute atomic E-state index is 0.642. The molecule has 3 nitrogen and oxygen atoms in total. The van der Waals surface area contributed by atoms with Gasteiger partial charge in [-0.05, 0) is 80.0 Å². The number of hydrogen-bond acceptors (Lipinski definition) is 4. The summed E-state index contributed by atoms with van der Waals surface area (Å²) in [7, 11) is 0. The predicted octanol–water partition coefficient (Wildman–Crippen LogP) is 13.4. The van der Waals surface area contributed by atoms with Gasteiger partial charge in [-0.2, -0.15) is 0 Å². The lowest BCUT2D eigenvalue weighted by Crippen LogP contribution is -2.02. The van der Waals surface area contributed by atoms with E-state index < -0.39 is 0 Å². The van der Waals surface area contributed by atoms with E-state index in [1.807, 2.05) is 29.5 Å². The van der Waals surface area contributed by atoms with E-state index in [1.54, 1.807) is 0 Å². The van der Waals surface area contributed by atoms with E-state index in [0.717, 1.165) is 38.9 Å². The van der Waals surface area contributed by atoms with Gasteiger partial charge in [-0.3, -0.25) is 0 Å². The average molecular weight is 692 g/mol. The summed E-state index contributed by atoms with van der Waals surface area (Å²) in [5.41, 5.74) is 12.3. The van der Waals surface area contributed by atoms with Gasteiger partial charge in [0.15, 0.2) is 17.5 Å². The first kappa shape index (κ1) is 29.9. The first-order valence-corrected chi connectivity index (χ1v) is 18.7. The van der Waals surface area contributed by atoms with Crippen LogP contribution in [0.25, 0.3) is 110 Å². The van der Waals surface area contributed by atoms with Crippen LogP contribution in [0.4, 0.5) is 0 Å². The summed E-state index contributed by atoms with van der Waals surface area (Å²) < 4.78 is 2.48. The van der Waals surface area contributed by atoms with Gasteiger partial charge >= 0.3 is 0 Å². The Morgan fingerprint density at radius 3 is 1.55 bits per heavy atom. The maximum absolute atomic E-state index is 5.49. The van der Waals surface area contributed by atoms with E-state index in [9.17, 15) is 0 Å². The van der Waals surface area contributed by atoms with Crippen LogP contribution in [0.2, 0.25) is 0 Å². The molecule has 0 atom stereocenters. The first-order chi connectivity index (χ1) is 26.3. The van der Waals surface area contributed by atoms with Crippen LogP contribution in [0.3, 0.4) is 0 Å². The lowest BCUT2D eigenvalue weighted by Gasteiger charge is -2.15. The van der Waals surface area contributed by atoms with Crippen LogP contribution in [0.15, 0.2) is 176 Å². The van der Waals surface area contributed by atoms with Crippen LogP contribution in [0.5, 0.6) is 0 Å². The number of rotatable bonds is 5. The second-order valence-corrected chi connectivity index (χ2v) is 14.6. The van der Waals surface area contributed by atoms with E-state index in [0.29, 0.717) is 17.5 Å². The lowest BCUT2D eigenvalue weighted by atomic mass is 9.93. The number of aromatic nitrogens is 3. The Morgan fingerprint density at radius 2 is 0.868 bits per heavy atom. The van der Waals surface area contributed by atoms with Crippen LogP contribution in [-0.4, -0.2) is 15.0 Å². The van der Waals surface area contributed by atoms with Gasteiger partial charge in [0.25, 0.3) is 0 Å². The minimum Gasteiger partial charge on any atom is -0.208 e. The van der Waals surface area contributed by atoms with Gasteiger partial charge in [-0.25, -0.2) is 15.0 Å². The zero-order valence-electron chi connectivity index (χ0n) is 28.5. The quantitative estimate of drug-likeness (QED) is 0.180. The summed E-state index contributed by atoms with van der Waals surface area (Å²) in [5.74, 6) is 1.97. The van der Waals surface area contributed by atoms with Crippen molar-refractivity contribution in [2.24, 2.45) is 0 Å². The molecule has 246 valence electrons. The second-order valence-electron chi connectivity index (χ2n) is 13.6.